The van der Waals surface area contributed by atoms with Gasteiger partial charge in [-0.05, 0) is 42.6 Å². The van der Waals surface area contributed by atoms with Gasteiger partial charge < -0.3 is 0 Å². The minimum Gasteiger partial charge on any atom is -0.299 e. The summed E-state index contributed by atoms with van der Waals surface area (Å²) >= 11 is 1.89. The minimum absolute atomic E-state index is 0.0493. The van der Waals surface area contributed by atoms with E-state index in [-0.39, 0.29) is 5.56 Å². The van der Waals surface area contributed by atoms with Crippen molar-refractivity contribution in [3.05, 3.63) is 44.6 Å². The molecule has 3 aliphatic rings. The summed E-state index contributed by atoms with van der Waals surface area (Å²) in [6.07, 6.45) is 5.90. The molecular formula is C21H30N6OS. The van der Waals surface area contributed by atoms with Crippen LogP contribution < -0.4 is 5.56 Å². The zero-order chi connectivity index (χ0) is 19.6. The SMILES string of the molecule is O=c1cc2c(nn1CCN1CCN(Cc3n[nH]c4c3CCCC4)CC1)CCSC2. The maximum absolute atomic E-state index is 12.4. The van der Waals surface area contributed by atoms with Crippen LogP contribution in [0.25, 0.3) is 0 Å². The van der Waals surface area contributed by atoms with Crippen LogP contribution in [0.5, 0.6) is 0 Å². The molecule has 1 N–H and O–H groups in total. The molecule has 0 saturated carbocycles. The van der Waals surface area contributed by atoms with E-state index in [2.05, 4.69) is 25.1 Å². The Labute approximate surface area is 175 Å². The van der Waals surface area contributed by atoms with Crippen molar-refractivity contribution in [1.29, 1.82) is 0 Å². The molecule has 0 bridgehead atoms. The molecule has 0 aromatic carbocycles. The average molecular weight is 415 g/mol. The molecule has 5 rings (SSSR count). The van der Waals surface area contributed by atoms with Crippen molar-refractivity contribution in [2.75, 3.05) is 38.5 Å². The Morgan fingerprint density at radius 1 is 1.03 bits per heavy atom. The molecule has 0 unspecified atom stereocenters. The summed E-state index contributed by atoms with van der Waals surface area (Å²) in [5, 5.41) is 12.5. The van der Waals surface area contributed by atoms with Gasteiger partial charge in [0.2, 0.25) is 0 Å². The second kappa shape index (κ2) is 8.62. The monoisotopic (exact) mass is 414 g/mol. The van der Waals surface area contributed by atoms with Crippen LogP contribution in [0, 0.1) is 0 Å². The Hall–Kier alpha value is -1.64. The molecule has 0 atom stereocenters. The maximum Gasteiger partial charge on any atom is 0.267 e. The normalized spacial score (nSPS) is 20.4. The Morgan fingerprint density at radius 3 is 2.76 bits per heavy atom. The number of hydrogen-bond acceptors (Lipinski definition) is 6. The first-order chi connectivity index (χ1) is 14.3. The number of rotatable bonds is 5. The van der Waals surface area contributed by atoms with Crippen LogP contribution in [0.15, 0.2) is 10.9 Å². The quantitative estimate of drug-likeness (QED) is 0.799. The molecular weight excluding hydrogens is 384 g/mol. The topological polar surface area (TPSA) is 70.1 Å². The number of thioether (sulfide) groups is 1. The van der Waals surface area contributed by atoms with E-state index in [9.17, 15) is 4.79 Å². The summed E-state index contributed by atoms with van der Waals surface area (Å²) in [5.41, 5.74) is 6.41. The summed E-state index contributed by atoms with van der Waals surface area (Å²) in [5.74, 6) is 2.04. The first kappa shape index (κ1) is 19.3. The Balaban J connectivity index is 1.13. The van der Waals surface area contributed by atoms with Crippen LogP contribution in [0.4, 0.5) is 0 Å². The van der Waals surface area contributed by atoms with E-state index >= 15 is 0 Å². The zero-order valence-corrected chi connectivity index (χ0v) is 17.8. The molecule has 0 amide bonds. The smallest absolute Gasteiger partial charge is 0.267 e. The second-order valence-electron chi connectivity index (χ2n) is 8.43. The second-order valence-corrected chi connectivity index (χ2v) is 9.54. The highest BCUT2D eigenvalue weighted by Gasteiger charge is 2.22. The van der Waals surface area contributed by atoms with Gasteiger partial charge in [-0.25, -0.2) is 4.68 Å². The molecule has 1 aliphatic carbocycles. The van der Waals surface area contributed by atoms with Crippen LogP contribution >= 0.6 is 11.8 Å². The third-order valence-electron chi connectivity index (χ3n) is 6.51. The molecule has 1 fully saturated rings. The van der Waals surface area contributed by atoms with Gasteiger partial charge in [-0.1, -0.05) is 0 Å². The minimum atomic E-state index is 0.0493. The van der Waals surface area contributed by atoms with Crippen molar-refractivity contribution in [3.63, 3.8) is 0 Å². The van der Waals surface area contributed by atoms with Crippen molar-refractivity contribution >= 4 is 11.8 Å². The first-order valence-corrected chi connectivity index (χ1v) is 12.1. The van der Waals surface area contributed by atoms with E-state index in [1.807, 2.05) is 11.8 Å². The number of hydrogen-bond donors (Lipinski definition) is 1. The number of nitrogens with zero attached hydrogens (tertiary/aromatic N) is 5. The summed E-state index contributed by atoms with van der Waals surface area (Å²) in [7, 11) is 0. The Kier molecular flexibility index (Phi) is 5.74. The van der Waals surface area contributed by atoms with Gasteiger partial charge in [0.05, 0.1) is 17.9 Å². The lowest BCUT2D eigenvalue weighted by atomic mass is 9.96. The number of piperazine rings is 1. The number of aryl methyl sites for hydroxylation is 2. The fourth-order valence-corrected chi connectivity index (χ4v) is 5.66. The van der Waals surface area contributed by atoms with Crippen LogP contribution in [-0.4, -0.2) is 68.3 Å². The molecule has 2 aromatic rings. The molecule has 0 spiro atoms. The van der Waals surface area contributed by atoms with Gasteiger partial charge in [0.1, 0.15) is 0 Å². The summed E-state index contributed by atoms with van der Waals surface area (Å²) in [6.45, 7) is 6.75. The number of H-pyrrole nitrogens is 1. The van der Waals surface area contributed by atoms with Crippen molar-refractivity contribution in [2.24, 2.45) is 0 Å². The highest BCUT2D eigenvalue weighted by Crippen LogP contribution is 2.23. The van der Waals surface area contributed by atoms with E-state index in [4.69, 9.17) is 0 Å². The predicted octanol–water partition coefficient (Wildman–Crippen LogP) is 1.45. The van der Waals surface area contributed by atoms with Crippen LogP contribution in [0.1, 0.15) is 41.1 Å². The van der Waals surface area contributed by atoms with E-state index in [0.717, 1.165) is 74.9 Å². The number of nitrogens with one attached hydrogen (secondary N) is 1. The largest absolute Gasteiger partial charge is 0.299 e. The molecule has 1 saturated heterocycles. The molecule has 4 heterocycles. The van der Waals surface area contributed by atoms with E-state index in [1.54, 1.807) is 10.7 Å². The fourth-order valence-electron chi connectivity index (χ4n) is 4.71. The maximum atomic E-state index is 12.4. The molecule has 7 nitrogen and oxygen atoms in total. The van der Waals surface area contributed by atoms with Gasteiger partial charge in [0, 0.05) is 63.2 Å². The van der Waals surface area contributed by atoms with E-state index in [1.165, 1.54) is 36.2 Å². The summed E-state index contributed by atoms with van der Waals surface area (Å²) in [4.78, 5) is 17.3. The number of aromatic amines is 1. The molecule has 8 heteroatoms. The van der Waals surface area contributed by atoms with Crippen LogP contribution in [0.2, 0.25) is 0 Å². The van der Waals surface area contributed by atoms with E-state index in [0.29, 0.717) is 6.54 Å². The van der Waals surface area contributed by atoms with Crippen molar-refractivity contribution < 1.29 is 0 Å². The third kappa shape index (κ3) is 4.29. The molecule has 156 valence electrons. The summed E-state index contributed by atoms with van der Waals surface area (Å²) in [6, 6.07) is 1.80. The van der Waals surface area contributed by atoms with Crippen molar-refractivity contribution in [2.45, 2.75) is 50.9 Å². The molecule has 2 aliphatic heterocycles. The molecule has 29 heavy (non-hydrogen) atoms. The Bertz CT molecular complexity index is 914. The zero-order valence-electron chi connectivity index (χ0n) is 17.0. The predicted molar refractivity (Wildman–Crippen MR) is 115 cm³/mol. The lowest BCUT2D eigenvalue weighted by Gasteiger charge is -2.34. The van der Waals surface area contributed by atoms with Gasteiger partial charge in [-0.15, -0.1) is 0 Å². The third-order valence-corrected chi connectivity index (χ3v) is 7.52. The van der Waals surface area contributed by atoms with Gasteiger partial charge in [0.15, 0.2) is 0 Å². The van der Waals surface area contributed by atoms with Crippen molar-refractivity contribution in [1.82, 2.24) is 29.8 Å². The highest BCUT2D eigenvalue weighted by atomic mass is 32.2. The highest BCUT2D eigenvalue weighted by molar-refractivity contribution is 7.98. The van der Waals surface area contributed by atoms with Crippen molar-refractivity contribution in [3.8, 4) is 0 Å². The molecule has 2 aromatic heterocycles. The standard InChI is InChI=1S/C21H30N6OS/c28-21-13-16-15-29-12-5-18(16)24-27(21)11-10-25-6-8-26(9-7-25)14-20-17-3-1-2-4-19(17)22-23-20/h13H,1-12,14-15H2,(H,22,23). The fraction of sp³-hybridized carbons (Fsp3) is 0.667. The number of fused-ring (bicyclic) bond motifs is 2. The van der Waals surface area contributed by atoms with Gasteiger partial charge in [-0.2, -0.15) is 22.0 Å². The Morgan fingerprint density at radius 2 is 1.86 bits per heavy atom. The van der Waals surface area contributed by atoms with Crippen LogP contribution in [0.3, 0.4) is 0 Å². The van der Waals surface area contributed by atoms with E-state index < -0.39 is 0 Å². The number of aromatic nitrogens is 4. The van der Waals surface area contributed by atoms with Gasteiger partial charge >= 0.3 is 0 Å². The molecule has 0 radical (unpaired) electrons. The average Bonchev–Trinajstić information content (AvgIpc) is 3.16. The van der Waals surface area contributed by atoms with Gasteiger partial charge in [0.25, 0.3) is 5.56 Å². The van der Waals surface area contributed by atoms with Crippen LogP contribution in [-0.2, 0) is 38.1 Å². The summed E-state index contributed by atoms with van der Waals surface area (Å²) < 4.78 is 1.68. The lowest BCUT2D eigenvalue weighted by Crippen LogP contribution is -2.47. The first-order valence-electron chi connectivity index (χ1n) is 10.9. The lowest BCUT2D eigenvalue weighted by molar-refractivity contribution is 0.121. The van der Waals surface area contributed by atoms with Gasteiger partial charge in [-0.3, -0.25) is 19.7 Å².